The molecule has 0 bridgehead atoms. The Kier molecular flexibility index (Phi) is 3.65. The van der Waals surface area contributed by atoms with Crippen LogP contribution >= 0.6 is 11.6 Å². The summed E-state index contributed by atoms with van der Waals surface area (Å²) in [7, 11) is 0. The number of nitrogens with two attached hydrogens (primary N) is 1. The summed E-state index contributed by atoms with van der Waals surface area (Å²) >= 11 is 5.91. The van der Waals surface area contributed by atoms with Crippen molar-refractivity contribution in [2.24, 2.45) is 10.2 Å². The van der Waals surface area contributed by atoms with Gasteiger partial charge in [-0.2, -0.15) is 5.11 Å². The standard InChI is InChI=1S/C20H15ClN6/c21-14-7-9-15(10-8-14)24-25-17-19(22)26-27-18-13(11-23-20(17)27)6-5-12-3-1-2-4-16(12)18/h1-4,7-11H,5-6H2,(H2,22,26). The van der Waals surface area contributed by atoms with Crippen molar-refractivity contribution in [2.75, 3.05) is 5.73 Å². The van der Waals surface area contributed by atoms with Crippen molar-refractivity contribution in [2.45, 2.75) is 12.8 Å². The van der Waals surface area contributed by atoms with Gasteiger partial charge in [0.2, 0.25) is 0 Å². The number of anilines is 1. The lowest BCUT2D eigenvalue weighted by atomic mass is 9.90. The summed E-state index contributed by atoms with van der Waals surface area (Å²) in [6.07, 6.45) is 3.82. The highest BCUT2D eigenvalue weighted by atomic mass is 35.5. The molecule has 2 aromatic heterocycles. The van der Waals surface area contributed by atoms with Crippen molar-refractivity contribution >= 4 is 34.4 Å². The molecule has 0 saturated carbocycles. The summed E-state index contributed by atoms with van der Waals surface area (Å²) in [5.74, 6) is 0.302. The van der Waals surface area contributed by atoms with E-state index >= 15 is 0 Å². The van der Waals surface area contributed by atoms with E-state index in [0.29, 0.717) is 27.9 Å². The molecule has 0 unspecified atom stereocenters. The molecular formula is C20H15ClN6. The molecule has 0 amide bonds. The van der Waals surface area contributed by atoms with E-state index in [2.05, 4.69) is 38.5 Å². The molecule has 2 N–H and O–H groups in total. The Morgan fingerprint density at radius 1 is 0.963 bits per heavy atom. The van der Waals surface area contributed by atoms with Gasteiger partial charge in [-0.15, -0.1) is 10.2 Å². The van der Waals surface area contributed by atoms with Gasteiger partial charge in [0.05, 0.1) is 11.4 Å². The van der Waals surface area contributed by atoms with Gasteiger partial charge in [-0.3, -0.25) is 0 Å². The molecule has 6 nitrogen and oxygen atoms in total. The quantitative estimate of drug-likeness (QED) is 0.493. The van der Waals surface area contributed by atoms with Crippen molar-refractivity contribution < 1.29 is 0 Å². The Hall–Kier alpha value is -3.25. The largest absolute Gasteiger partial charge is 0.380 e. The van der Waals surface area contributed by atoms with Crippen LogP contribution in [-0.4, -0.2) is 14.6 Å². The number of fused-ring (bicyclic) bond motifs is 5. The highest BCUT2D eigenvalue weighted by Gasteiger charge is 2.22. The Balaban J connectivity index is 1.66. The first-order valence-corrected chi connectivity index (χ1v) is 9.00. The Morgan fingerprint density at radius 3 is 2.59 bits per heavy atom. The molecule has 2 heterocycles. The predicted octanol–water partition coefficient (Wildman–Crippen LogP) is 5.15. The van der Waals surface area contributed by atoms with E-state index in [4.69, 9.17) is 17.3 Å². The van der Waals surface area contributed by atoms with Gasteiger partial charge in [0.25, 0.3) is 0 Å². The molecule has 0 aliphatic heterocycles. The molecule has 5 rings (SSSR count). The number of aryl methyl sites for hydroxylation is 2. The fourth-order valence-corrected chi connectivity index (χ4v) is 3.57. The number of azo groups is 1. The van der Waals surface area contributed by atoms with E-state index in [9.17, 15) is 0 Å². The van der Waals surface area contributed by atoms with Crippen molar-refractivity contribution in [1.82, 2.24) is 14.6 Å². The first-order valence-electron chi connectivity index (χ1n) is 8.62. The predicted molar refractivity (Wildman–Crippen MR) is 106 cm³/mol. The minimum Gasteiger partial charge on any atom is -0.380 e. The summed E-state index contributed by atoms with van der Waals surface area (Å²) in [4.78, 5) is 4.56. The van der Waals surface area contributed by atoms with Crippen molar-refractivity contribution in [1.29, 1.82) is 0 Å². The molecular weight excluding hydrogens is 360 g/mol. The second kappa shape index (κ2) is 6.17. The molecule has 0 atom stereocenters. The minimum absolute atomic E-state index is 0.302. The number of nitrogen functional groups attached to an aromatic ring is 1. The summed E-state index contributed by atoms with van der Waals surface area (Å²) in [5.41, 5.74) is 12.5. The van der Waals surface area contributed by atoms with Crippen molar-refractivity contribution in [3.05, 3.63) is 70.9 Å². The third-order valence-corrected chi connectivity index (χ3v) is 5.00. The van der Waals surface area contributed by atoms with E-state index in [1.54, 1.807) is 28.8 Å². The third-order valence-electron chi connectivity index (χ3n) is 4.75. The second-order valence-corrected chi connectivity index (χ2v) is 6.87. The van der Waals surface area contributed by atoms with Crippen LogP contribution in [0.5, 0.6) is 0 Å². The topological polar surface area (TPSA) is 80.9 Å². The lowest BCUT2D eigenvalue weighted by molar-refractivity contribution is 0.865. The van der Waals surface area contributed by atoms with E-state index in [1.807, 2.05) is 12.3 Å². The Labute approximate surface area is 160 Å². The molecule has 1 aliphatic rings. The number of aromatic nitrogens is 3. The normalized spacial score (nSPS) is 13.1. The molecule has 132 valence electrons. The monoisotopic (exact) mass is 374 g/mol. The van der Waals surface area contributed by atoms with Gasteiger partial charge in [-0.1, -0.05) is 35.9 Å². The zero-order valence-corrected chi connectivity index (χ0v) is 15.1. The number of hydrogen-bond acceptors (Lipinski definition) is 5. The smallest absolute Gasteiger partial charge is 0.185 e. The van der Waals surface area contributed by atoms with Crippen LogP contribution in [0.3, 0.4) is 0 Å². The van der Waals surface area contributed by atoms with Crippen molar-refractivity contribution in [3.63, 3.8) is 0 Å². The summed E-state index contributed by atoms with van der Waals surface area (Å²) in [6, 6.07) is 15.5. The van der Waals surface area contributed by atoms with Crippen LogP contribution in [-0.2, 0) is 12.8 Å². The highest BCUT2D eigenvalue weighted by Crippen LogP contribution is 2.37. The molecule has 2 aromatic carbocycles. The van der Waals surface area contributed by atoms with Crippen LogP contribution in [0.25, 0.3) is 16.9 Å². The fourth-order valence-electron chi connectivity index (χ4n) is 3.45. The average molecular weight is 375 g/mol. The first-order chi connectivity index (χ1) is 13.2. The maximum atomic E-state index is 6.15. The van der Waals surface area contributed by atoms with Crippen LogP contribution in [0.15, 0.2) is 65.0 Å². The third kappa shape index (κ3) is 2.65. The lowest BCUT2D eigenvalue weighted by Gasteiger charge is -2.19. The molecule has 7 heteroatoms. The van der Waals surface area contributed by atoms with Gasteiger partial charge in [-0.05, 0) is 48.2 Å². The zero-order valence-electron chi connectivity index (χ0n) is 14.3. The van der Waals surface area contributed by atoms with Gasteiger partial charge < -0.3 is 5.73 Å². The van der Waals surface area contributed by atoms with Gasteiger partial charge in [0, 0.05) is 16.8 Å². The van der Waals surface area contributed by atoms with Crippen LogP contribution in [0, 0.1) is 0 Å². The molecule has 27 heavy (non-hydrogen) atoms. The van der Waals surface area contributed by atoms with Gasteiger partial charge in [0.1, 0.15) is 0 Å². The van der Waals surface area contributed by atoms with E-state index in [1.165, 1.54) is 5.56 Å². The van der Waals surface area contributed by atoms with Gasteiger partial charge >= 0.3 is 0 Å². The van der Waals surface area contributed by atoms with Gasteiger partial charge in [0.15, 0.2) is 17.2 Å². The molecule has 0 radical (unpaired) electrons. The maximum Gasteiger partial charge on any atom is 0.185 e. The number of nitrogens with zero attached hydrogens (tertiary/aromatic N) is 5. The molecule has 4 aromatic rings. The minimum atomic E-state index is 0.302. The molecule has 0 spiro atoms. The van der Waals surface area contributed by atoms with E-state index < -0.39 is 0 Å². The molecule has 1 aliphatic carbocycles. The second-order valence-electron chi connectivity index (χ2n) is 6.43. The highest BCUT2D eigenvalue weighted by molar-refractivity contribution is 6.30. The zero-order chi connectivity index (χ0) is 18.4. The summed E-state index contributed by atoms with van der Waals surface area (Å²) < 4.78 is 1.79. The van der Waals surface area contributed by atoms with Crippen LogP contribution in [0.1, 0.15) is 11.1 Å². The first kappa shape index (κ1) is 16.0. The lowest BCUT2D eigenvalue weighted by Crippen LogP contribution is -2.09. The summed E-state index contributed by atoms with van der Waals surface area (Å²) in [5, 5.41) is 13.7. The molecule has 0 fully saturated rings. The summed E-state index contributed by atoms with van der Waals surface area (Å²) in [6.45, 7) is 0. The van der Waals surface area contributed by atoms with Gasteiger partial charge in [-0.25, -0.2) is 9.50 Å². The van der Waals surface area contributed by atoms with Crippen molar-refractivity contribution in [3.8, 4) is 11.3 Å². The Morgan fingerprint density at radius 2 is 1.74 bits per heavy atom. The number of benzene rings is 2. The van der Waals surface area contributed by atoms with E-state index in [0.717, 1.165) is 29.7 Å². The average Bonchev–Trinajstić information content (AvgIpc) is 3.02. The van der Waals surface area contributed by atoms with Crippen LogP contribution in [0.4, 0.5) is 17.2 Å². The maximum absolute atomic E-state index is 6.15. The number of rotatable bonds is 2. The van der Waals surface area contributed by atoms with E-state index in [-0.39, 0.29) is 0 Å². The van der Waals surface area contributed by atoms with Crippen LogP contribution in [0.2, 0.25) is 5.02 Å². The molecule has 0 saturated heterocycles. The SMILES string of the molecule is Nc1nn2c3c(cnc2c1N=Nc1ccc(Cl)cc1)CCc1ccccc1-3. The Bertz CT molecular complexity index is 1190. The number of halogens is 1. The fraction of sp³-hybridized carbons (Fsp3) is 0.100. The van der Waals surface area contributed by atoms with Crippen LogP contribution < -0.4 is 5.73 Å². The number of hydrogen-bond donors (Lipinski definition) is 1.